The summed E-state index contributed by atoms with van der Waals surface area (Å²) in [6.07, 6.45) is 1.11. The van der Waals surface area contributed by atoms with Gasteiger partial charge in [-0.1, -0.05) is 38.2 Å². The van der Waals surface area contributed by atoms with E-state index in [1.54, 1.807) is 24.3 Å². The van der Waals surface area contributed by atoms with Crippen LogP contribution in [0, 0.1) is 5.92 Å². The van der Waals surface area contributed by atoms with Crippen LogP contribution < -0.4 is 10.9 Å². The Morgan fingerprint density at radius 1 is 1.28 bits per heavy atom. The predicted octanol–water partition coefficient (Wildman–Crippen LogP) is 3.06. The van der Waals surface area contributed by atoms with E-state index in [4.69, 9.17) is 4.74 Å². The molecule has 0 fully saturated rings. The summed E-state index contributed by atoms with van der Waals surface area (Å²) in [4.78, 5) is 41.2. The number of aryl methyl sites for hydroxylation is 1. The molecule has 0 aliphatic heterocycles. The van der Waals surface area contributed by atoms with Crippen LogP contribution in [0.3, 0.4) is 0 Å². The van der Waals surface area contributed by atoms with Gasteiger partial charge >= 0.3 is 5.97 Å². The van der Waals surface area contributed by atoms with Crippen molar-refractivity contribution in [1.29, 1.82) is 0 Å². The van der Waals surface area contributed by atoms with Crippen LogP contribution in [-0.2, 0) is 22.6 Å². The van der Waals surface area contributed by atoms with Crippen LogP contribution in [0.1, 0.15) is 48.3 Å². The topological polar surface area (TPSA) is 103 Å². The Balaban J connectivity index is 1.68. The lowest BCUT2D eigenvalue weighted by atomic mass is 10.1. The number of hydrogen-bond donors (Lipinski definition) is 1. The third kappa shape index (κ3) is 5.26. The number of hydrogen-bond acceptors (Lipinski definition) is 7. The standard InChI is InChI=1S/C20H22N4O4S/c1-4-17-23-24-18(26)10-15(22-20(24)29-17)11-28-19(27)13-6-5-7-14(9-13)21-16(25)8-12(2)3/h5-7,9-10,12H,4,8,11H2,1-3H3,(H,21,25). The summed E-state index contributed by atoms with van der Waals surface area (Å²) in [5, 5.41) is 7.76. The van der Waals surface area contributed by atoms with Gasteiger partial charge in [-0.05, 0) is 30.5 Å². The van der Waals surface area contributed by atoms with E-state index in [-0.39, 0.29) is 24.0 Å². The number of nitrogens with zero attached hydrogens (tertiary/aromatic N) is 3. The highest BCUT2D eigenvalue weighted by atomic mass is 32.1. The fourth-order valence-corrected chi connectivity index (χ4v) is 3.50. The molecule has 0 unspecified atom stereocenters. The van der Waals surface area contributed by atoms with Gasteiger partial charge in [0.2, 0.25) is 10.9 Å². The molecule has 1 aromatic carbocycles. The first-order valence-electron chi connectivity index (χ1n) is 9.31. The molecule has 0 atom stereocenters. The van der Waals surface area contributed by atoms with E-state index in [0.29, 0.717) is 34.7 Å². The van der Waals surface area contributed by atoms with E-state index >= 15 is 0 Å². The molecular weight excluding hydrogens is 392 g/mol. The monoisotopic (exact) mass is 414 g/mol. The highest BCUT2D eigenvalue weighted by Crippen LogP contribution is 2.15. The molecule has 3 aromatic rings. The number of aromatic nitrogens is 3. The van der Waals surface area contributed by atoms with Gasteiger partial charge in [-0.3, -0.25) is 9.59 Å². The first-order valence-corrected chi connectivity index (χ1v) is 10.1. The summed E-state index contributed by atoms with van der Waals surface area (Å²) in [6.45, 7) is 5.73. The second-order valence-corrected chi connectivity index (χ2v) is 7.97. The van der Waals surface area contributed by atoms with Gasteiger partial charge in [0.1, 0.15) is 11.6 Å². The molecule has 0 spiro atoms. The number of esters is 1. The summed E-state index contributed by atoms with van der Waals surface area (Å²) < 4.78 is 6.55. The Bertz CT molecular complexity index is 1100. The van der Waals surface area contributed by atoms with E-state index in [9.17, 15) is 14.4 Å². The number of carbonyl (C=O) groups is 2. The molecule has 2 aromatic heterocycles. The molecule has 1 N–H and O–H groups in total. The molecule has 3 rings (SSSR count). The molecule has 0 saturated carbocycles. The van der Waals surface area contributed by atoms with Crippen molar-refractivity contribution in [3.63, 3.8) is 0 Å². The van der Waals surface area contributed by atoms with Gasteiger partial charge in [-0.2, -0.15) is 9.61 Å². The zero-order valence-corrected chi connectivity index (χ0v) is 17.3. The lowest BCUT2D eigenvalue weighted by molar-refractivity contribution is -0.116. The van der Waals surface area contributed by atoms with Crippen LogP contribution in [0.25, 0.3) is 4.96 Å². The van der Waals surface area contributed by atoms with Crippen molar-refractivity contribution < 1.29 is 14.3 Å². The minimum Gasteiger partial charge on any atom is -0.456 e. The maximum atomic E-state index is 12.4. The highest BCUT2D eigenvalue weighted by Gasteiger charge is 2.13. The molecule has 29 heavy (non-hydrogen) atoms. The average Bonchev–Trinajstić information content (AvgIpc) is 3.09. The highest BCUT2D eigenvalue weighted by molar-refractivity contribution is 7.16. The van der Waals surface area contributed by atoms with Crippen LogP contribution in [0.5, 0.6) is 0 Å². The minimum atomic E-state index is -0.564. The third-order valence-electron chi connectivity index (χ3n) is 3.97. The number of amides is 1. The molecule has 0 aliphatic carbocycles. The molecule has 2 heterocycles. The van der Waals surface area contributed by atoms with Crippen LogP contribution >= 0.6 is 11.3 Å². The Morgan fingerprint density at radius 3 is 2.79 bits per heavy atom. The Labute approximate surface area is 171 Å². The van der Waals surface area contributed by atoms with Crippen LogP contribution in [0.2, 0.25) is 0 Å². The van der Waals surface area contributed by atoms with Crippen molar-refractivity contribution >= 4 is 33.9 Å². The fourth-order valence-electron chi connectivity index (χ4n) is 2.64. The molecule has 8 nitrogen and oxygen atoms in total. The Hall–Kier alpha value is -3.07. The van der Waals surface area contributed by atoms with Gasteiger partial charge in [0.15, 0.2) is 0 Å². The van der Waals surface area contributed by atoms with E-state index in [2.05, 4.69) is 15.4 Å². The molecule has 152 valence electrons. The van der Waals surface area contributed by atoms with Crippen LogP contribution in [0.4, 0.5) is 5.69 Å². The summed E-state index contributed by atoms with van der Waals surface area (Å²) in [5.41, 5.74) is 0.874. The summed E-state index contributed by atoms with van der Waals surface area (Å²) in [5.74, 6) is -0.436. The quantitative estimate of drug-likeness (QED) is 0.596. The second-order valence-electron chi connectivity index (χ2n) is 6.93. The number of nitrogens with one attached hydrogen (secondary N) is 1. The van der Waals surface area contributed by atoms with Gasteiger partial charge in [-0.25, -0.2) is 9.78 Å². The first kappa shape index (κ1) is 20.7. The zero-order valence-electron chi connectivity index (χ0n) is 16.5. The van der Waals surface area contributed by atoms with Gasteiger partial charge in [-0.15, -0.1) is 0 Å². The van der Waals surface area contributed by atoms with Gasteiger partial charge in [0.25, 0.3) is 5.56 Å². The van der Waals surface area contributed by atoms with Crippen molar-refractivity contribution in [2.45, 2.75) is 40.2 Å². The molecule has 0 aliphatic rings. The maximum Gasteiger partial charge on any atom is 0.338 e. The number of ether oxygens (including phenoxy) is 1. The summed E-state index contributed by atoms with van der Waals surface area (Å²) in [7, 11) is 0. The van der Waals surface area contributed by atoms with E-state index in [0.717, 1.165) is 5.01 Å². The molecule has 0 bridgehead atoms. The van der Waals surface area contributed by atoms with E-state index < -0.39 is 5.97 Å². The molecule has 9 heteroatoms. The predicted molar refractivity (Wildman–Crippen MR) is 110 cm³/mol. The number of carbonyl (C=O) groups excluding carboxylic acids is 2. The van der Waals surface area contributed by atoms with Gasteiger partial charge in [0, 0.05) is 18.2 Å². The van der Waals surface area contributed by atoms with E-state index in [1.165, 1.54) is 21.9 Å². The van der Waals surface area contributed by atoms with Crippen molar-refractivity contribution in [3.8, 4) is 0 Å². The summed E-state index contributed by atoms with van der Waals surface area (Å²) >= 11 is 1.33. The maximum absolute atomic E-state index is 12.4. The largest absolute Gasteiger partial charge is 0.456 e. The van der Waals surface area contributed by atoms with Gasteiger partial charge in [0.05, 0.1) is 11.3 Å². The van der Waals surface area contributed by atoms with Crippen LogP contribution in [-0.4, -0.2) is 26.5 Å². The first-order chi connectivity index (χ1) is 13.9. The molecular formula is C20H22N4O4S. The van der Waals surface area contributed by atoms with Crippen molar-refractivity contribution in [2.75, 3.05) is 5.32 Å². The Kier molecular flexibility index (Phi) is 6.38. The minimum absolute atomic E-state index is 0.112. The lowest BCUT2D eigenvalue weighted by Gasteiger charge is -2.09. The van der Waals surface area contributed by atoms with Crippen molar-refractivity contribution in [3.05, 3.63) is 57.0 Å². The fraction of sp³-hybridized carbons (Fsp3) is 0.350. The number of benzene rings is 1. The second kappa shape index (κ2) is 8.95. The summed E-state index contributed by atoms with van der Waals surface area (Å²) in [6, 6.07) is 7.84. The van der Waals surface area contributed by atoms with Crippen molar-refractivity contribution in [1.82, 2.24) is 14.6 Å². The third-order valence-corrected chi connectivity index (χ3v) is 5.02. The number of anilines is 1. The normalized spacial score (nSPS) is 11.0. The SMILES string of the molecule is CCc1nn2c(=O)cc(COC(=O)c3cccc(NC(=O)CC(C)C)c3)nc2s1. The van der Waals surface area contributed by atoms with E-state index in [1.807, 2.05) is 20.8 Å². The van der Waals surface area contributed by atoms with Gasteiger partial charge < -0.3 is 10.1 Å². The average molecular weight is 414 g/mol. The van der Waals surface area contributed by atoms with Crippen molar-refractivity contribution in [2.24, 2.45) is 5.92 Å². The number of fused-ring (bicyclic) bond motifs is 1. The Morgan fingerprint density at radius 2 is 2.07 bits per heavy atom. The zero-order chi connectivity index (χ0) is 21.0. The smallest absolute Gasteiger partial charge is 0.338 e. The van der Waals surface area contributed by atoms with Crippen LogP contribution in [0.15, 0.2) is 35.1 Å². The molecule has 0 saturated heterocycles. The lowest BCUT2D eigenvalue weighted by Crippen LogP contribution is -2.17. The number of rotatable bonds is 7. The molecule has 1 amide bonds. The molecule has 0 radical (unpaired) electrons.